The van der Waals surface area contributed by atoms with Crippen molar-refractivity contribution in [2.45, 2.75) is 18.9 Å². The van der Waals surface area contributed by atoms with Crippen molar-refractivity contribution in [3.63, 3.8) is 0 Å². The highest BCUT2D eigenvalue weighted by Gasteiger charge is 2.28. The highest BCUT2D eigenvalue weighted by molar-refractivity contribution is 5.95. The molecule has 1 aliphatic rings. The van der Waals surface area contributed by atoms with Crippen molar-refractivity contribution in [3.05, 3.63) is 60.2 Å². The smallest absolute Gasteiger partial charge is 0.251 e. The molecule has 2 aromatic carbocycles. The van der Waals surface area contributed by atoms with Crippen molar-refractivity contribution in [2.24, 2.45) is 11.7 Å². The molecule has 1 amide bonds. The number of carbonyl (C=O) groups excluding carboxylic acids is 1. The van der Waals surface area contributed by atoms with Gasteiger partial charge in [-0.25, -0.2) is 0 Å². The van der Waals surface area contributed by atoms with Crippen molar-refractivity contribution in [2.75, 3.05) is 11.9 Å². The molecule has 0 aliphatic heterocycles. The first kappa shape index (κ1) is 14.6. The van der Waals surface area contributed by atoms with E-state index in [2.05, 4.69) is 10.6 Å². The largest absolute Gasteiger partial charge is 0.356 e. The number of amides is 1. The van der Waals surface area contributed by atoms with Gasteiger partial charge in [-0.3, -0.25) is 4.79 Å². The minimum Gasteiger partial charge on any atom is -0.356 e. The molecule has 0 saturated heterocycles. The summed E-state index contributed by atoms with van der Waals surface area (Å²) >= 11 is 0. The first-order valence-corrected chi connectivity index (χ1v) is 7.68. The third-order valence-electron chi connectivity index (χ3n) is 3.91. The highest BCUT2D eigenvalue weighted by Crippen LogP contribution is 2.31. The van der Waals surface area contributed by atoms with E-state index in [1.54, 1.807) is 0 Å². The van der Waals surface area contributed by atoms with Crippen LogP contribution in [0.2, 0.25) is 0 Å². The summed E-state index contributed by atoms with van der Waals surface area (Å²) in [6.07, 6.45) is 2.38. The van der Waals surface area contributed by atoms with Crippen LogP contribution in [0.5, 0.6) is 0 Å². The fourth-order valence-corrected chi connectivity index (χ4v) is 2.43. The molecule has 0 heterocycles. The lowest BCUT2D eigenvalue weighted by molar-refractivity contribution is 0.0950. The second-order valence-electron chi connectivity index (χ2n) is 5.78. The molecule has 22 heavy (non-hydrogen) atoms. The molecule has 1 saturated carbocycles. The number of hydrogen-bond acceptors (Lipinski definition) is 3. The Morgan fingerprint density at radius 1 is 1.09 bits per heavy atom. The molecule has 1 aliphatic carbocycles. The van der Waals surface area contributed by atoms with Crippen molar-refractivity contribution >= 4 is 17.3 Å². The summed E-state index contributed by atoms with van der Waals surface area (Å²) in [6, 6.07) is 17.5. The number of benzene rings is 2. The normalized spacial score (nSPS) is 15.1. The van der Waals surface area contributed by atoms with Crippen LogP contribution in [-0.4, -0.2) is 18.5 Å². The van der Waals surface area contributed by atoms with E-state index in [4.69, 9.17) is 5.73 Å². The summed E-state index contributed by atoms with van der Waals surface area (Å²) in [5, 5.41) is 6.21. The van der Waals surface area contributed by atoms with Crippen molar-refractivity contribution in [3.8, 4) is 0 Å². The topological polar surface area (TPSA) is 67.1 Å². The van der Waals surface area contributed by atoms with Crippen LogP contribution >= 0.6 is 0 Å². The number of nitrogens with two attached hydrogens (primary N) is 1. The van der Waals surface area contributed by atoms with E-state index < -0.39 is 0 Å². The van der Waals surface area contributed by atoms with Crippen molar-refractivity contribution in [1.29, 1.82) is 0 Å². The van der Waals surface area contributed by atoms with Gasteiger partial charge >= 0.3 is 0 Å². The maximum absolute atomic E-state index is 12.2. The van der Waals surface area contributed by atoms with Crippen LogP contribution in [0.3, 0.4) is 0 Å². The summed E-state index contributed by atoms with van der Waals surface area (Å²) in [7, 11) is 0. The number of anilines is 2. The third-order valence-corrected chi connectivity index (χ3v) is 3.91. The Balaban J connectivity index is 1.61. The lowest BCUT2D eigenvalue weighted by atomic mass is 10.1. The standard InChI is InChI=1S/C18H21N3O/c19-17(13-9-10-13)12-20-18(22)14-5-4-8-16(11-14)21-15-6-2-1-3-7-15/h1-8,11,13,17,21H,9-10,12,19H2,(H,20,22). The van der Waals surface area contributed by atoms with Gasteiger partial charge in [0, 0.05) is 29.5 Å². The van der Waals surface area contributed by atoms with Gasteiger partial charge in [0.05, 0.1) is 0 Å². The number of nitrogens with one attached hydrogen (secondary N) is 2. The molecule has 4 heteroatoms. The van der Waals surface area contributed by atoms with Crippen LogP contribution in [0.25, 0.3) is 0 Å². The Kier molecular flexibility index (Phi) is 4.39. The summed E-state index contributed by atoms with van der Waals surface area (Å²) < 4.78 is 0. The summed E-state index contributed by atoms with van der Waals surface area (Å²) in [5.41, 5.74) is 8.54. The average Bonchev–Trinajstić information content (AvgIpc) is 3.38. The predicted octanol–water partition coefficient (Wildman–Crippen LogP) is 2.90. The molecule has 0 spiro atoms. The lowest BCUT2D eigenvalue weighted by Crippen LogP contribution is -2.38. The Hall–Kier alpha value is -2.33. The van der Waals surface area contributed by atoms with Gasteiger partial charge in [0.1, 0.15) is 0 Å². The number of para-hydroxylation sites is 1. The molecule has 114 valence electrons. The number of hydrogen-bond donors (Lipinski definition) is 3. The molecule has 0 aromatic heterocycles. The number of carbonyl (C=O) groups is 1. The van der Waals surface area contributed by atoms with Gasteiger partial charge in [-0.2, -0.15) is 0 Å². The zero-order chi connectivity index (χ0) is 15.4. The van der Waals surface area contributed by atoms with E-state index in [1.165, 1.54) is 12.8 Å². The van der Waals surface area contributed by atoms with Gasteiger partial charge < -0.3 is 16.4 Å². The van der Waals surface area contributed by atoms with E-state index >= 15 is 0 Å². The monoisotopic (exact) mass is 295 g/mol. The molecule has 3 rings (SSSR count). The van der Waals surface area contributed by atoms with Crippen molar-refractivity contribution < 1.29 is 4.79 Å². The molecule has 4 N–H and O–H groups in total. The van der Waals surface area contributed by atoms with Crippen molar-refractivity contribution in [1.82, 2.24) is 5.32 Å². The quantitative estimate of drug-likeness (QED) is 0.767. The van der Waals surface area contributed by atoms with Crippen LogP contribution in [0.1, 0.15) is 23.2 Å². The second-order valence-corrected chi connectivity index (χ2v) is 5.78. The Morgan fingerprint density at radius 3 is 2.55 bits per heavy atom. The summed E-state index contributed by atoms with van der Waals surface area (Å²) in [6.45, 7) is 0.542. The van der Waals surface area contributed by atoms with E-state index in [1.807, 2.05) is 54.6 Å². The summed E-state index contributed by atoms with van der Waals surface area (Å²) in [5.74, 6) is 0.513. The average molecular weight is 295 g/mol. The molecule has 1 atom stereocenters. The highest BCUT2D eigenvalue weighted by atomic mass is 16.1. The Bertz CT molecular complexity index is 638. The molecule has 1 unspecified atom stereocenters. The number of rotatable bonds is 6. The maximum Gasteiger partial charge on any atom is 0.251 e. The van der Waals surface area contributed by atoms with E-state index in [0.29, 0.717) is 18.0 Å². The maximum atomic E-state index is 12.2. The predicted molar refractivity (Wildman–Crippen MR) is 89.2 cm³/mol. The van der Waals surface area contributed by atoms with Gasteiger partial charge in [0.2, 0.25) is 0 Å². The molecule has 0 bridgehead atoms. The van der Waals surface area contributed by atoms with E-state index in [-0.39, 0.29) is 11.9 Å². The summed E-state index contributed by atoms with van der Waals surface area (Å²) in [4.78, 5) is 12.2. The fourth-order valence-electron chi connectivity index (χ4n) is 2.43. The van der Waals surface area contributed by atoms with Crippen LogP contribution in [0.4, 0.5) is 11.4 Å². The SMILES string of the molecule is NC(CNC(=O)c1cccc(Nc2ccccc2)c1)C1CC1. The van der Waals surface area contributed by atoms with Crippen LogP contribution in [-0.2, 0) is 0 Å². The molecule has 0 radical (unpaired) electrons. The molecule has 4 nitrogen and oxygen atoms in total. The first-order chi connectivity index (χ1) is 10.7. The van der Waals surface area contributed by atoms with Crippen LogP contribution in [0.15, 0.2) is 54.6 Å². The van der Waals surface area contributed by atoms with Crippen LogP contribution < -0.4 is 16.4 Å². The zero-order valence-corrected chi connectivity index (χ0v) is 12.5. The molecule has 1 fully saturated rings. The van der Waals surface area contributed by atoms with E-state index in [9.17, 15) is 4.79 Å². The molecular formula is C18H21N3O. The van der Waals surface area contributed by atoms with Gasteiger partial charge in [0.25, 0.3) is 5.91 Å². The first-order valence-electron chi connectivity index (χ1n) is 7.68. The van der Waals surface area contributed by atoms with Gasteiger partial charge in [-0.1, -0.05) is 24.3 Å². The minimum absolute atomic E-state index is 0.0761. The van der Waals surface area contributed by atoms with Gasteiger partial charge in [-0.15, -0.1) is 0 Å². The molecular weight excluding hydrogens is 274 g/mol. The fraction of sp³-hybridized carbons (Fsp3) is 0.278. The third kappa shape index (κ3) is 3.86. The van der Waals surface area contributed by atoms with Gasteiger partial charge in [0.15, 0.2) is 0 Å². The van der Waals surface area contributed by atoms with E-state index in [0.717, 1.165) is 11.4 Å². The Labute approximate surface area is 130 Å². The van der Waals surface area contributed by atoms with Crippen LogP contribution in [0, 0.1) is 5.92 Å². The lowest BCUT2D eigenvalue weighted by Gasteiger charge is -2.12. The Morgan fingerprint density at radius 2 is 1.82 bits per heavy atom. The van der Waals surface area contributed by atoms with Gasteiger partial charge in [-0.05, 0) is 49.1 Å². The zero-order valence-electron chi connectivity index (χ0n) is 12.5. The minimum atomic E-state index is -0.0761. The molecule has 2 aromatic rings. The second kappa shape index (κ2) is 6.62.